The van der Waals surface area contributed by atoms with Crippen LogP contribution in [0.4, 0.5) is 5.69 Å². The van der Waals surface area contributed by atoms with Crippen LogP contribution in [0.2, 0.25) is 0 Å². The molecule has 0 bridgehead atoms. The summed E-state index contributed by atoms with van der Waals surface area (Å²) < 4.78 is 11.2. The normalized spacial score (nSPS) is 19.4. The van der Waals surface area contributed by atoms with E-state index in [1.807, 2.05) is 12.1 Å². The maximum atomic E-state index is 11.9. The predicted octanol–water partition coefficient (Wildman–Crippen LogP) is 2.50. The molecule has 0 radical (unpaired) electrons. The third kappa shape index (κ3) is 4.05. The van der Waals surface area contributed by atoms with Gasteiger partial charge in [0.05, 0.1) is 0 Å². The van der Waals surface area contributed by atoms with Crippen molar-refractivity contribution in [3.63, 3.8) is 0 Å². The summed E-state index contributed by atoms with van der Waals surface area (Å²) in [5.41, 5.74) is 0.651. The Kier molecular flexibility index (Phi) is 5.14. The number of anilines is 1. The molecule has 1 aromatic carbocycles. The molecule has 0 spiro atoms. The Morgan fingerprint density at radius 1 is 1.40 bits per heavy atom. The molecule has 1 aliphatic rings. The van der Waals surface area contributed by atoms with Crippen LogP contribution in [0.5, 0.6) is 0 Å². The highest BCUT2D eigenvalue weighted by Gasteiger charge is 2.28. The van der Waals surface area contributed by atoms with Gasteiger partial charge in [-0.25, -0.2) is 4.79 Å². The van der Waals surface area contributed by atoms with Crippen LogP contribution in [0.1, 0.15) is 19.8 Å². The molecule has 5 nitrogen and oxygen atoms in total. The number of nitrogens with one attached hydrogen (secondary N) is 1. The summed E-state index contributed by atoms with van der Waals surface area (Å²) in [6.45, 7) is 2.11. The van der Waals surface area contributed by atoms with Crippen LogP contribution in [0.25, 0.3) is 0 Å². The van der Waals surface area contributed by atoms with E-state index < -0.39 is 18.2 Å². The molecule has 1 fully saturated rings. The van der Waals surface area contributed by atoms with Crippen molar-refractivity contribution in [2.45, 2.75) is 32.0 Å². The van der Waals surface area contributed by atoms with Crippen LogP contribution in [0.15, 0.2) is 28.7 Å². The maximum absolute atomic E-state index is 11.9. The Morgan fingerprint density at radius 3 is 2.70 bits per heavy atom. The summed E-state index contributed by atoms with van der Waals surface area (Å²) in [5.74, 6) is -0.834. The zero-order chi connectivity index (χ0) is 14.5. The van der Waals surface area contributed by atoms with E-state index >= 15 is 0 Å². The van der Waals surface area contributed by atoms with Gasteiger partial charge in [0.25, 0.3) is 5.91 Å². The van der Waals surface area contributed by atoms with Gasteiger partial charge in [-0.15, -0.1) is 0 Å². The van der Waals surface area contributed by atoms with Crippen molar-refractivity contribution in [1.29, 1.82) is 0 Å². The van der Waals surface area contributed by atoms with Crippen LogP contribution in [-0.2, 0) is 19.1 Å². The lowest BCUT2D eigenvalue weighted by atomic mass is 10.2. The topological polar surface area (TPSA) is 64.6 Å². The first-order valence-corrected chi connectivity index (χ1v) is 7.24. The second-order valence-electron chi connectivity index (χ2n) is 4.58. The van der Waals surface area contributed by atoms with Crippen LogP contribution in [0.3, 0.4) is 0 Å². The molecule has 0 unspecified atom stereocenters. The molecule has 0 saturated carbocycles. The standard InChI is InChI=1S/C14H16BrNO4/c1-9(20-14(18)12-3-2-8-19-12)13(17)16-11-6-4-10(15)5-7-11/h4-7,9,12H,2-3,8H2,1H3,(H,16,17)/t9-,12+/m1/s1. The van der Waals surface area contributed by atoms with Crippen LogP contribution >= 0.6 is 15.9 Å². The van der Waals surface area contributed by atoms with E-state index in [4.69, 9.17) is 9.47 Å². The van der Waals surface area contributed by atoms with E-state index in [2.05, 4.69) is 21.2 Å². The minimum absolute atomic E-state index is 0.362. The Labute approximate surface area is 125 Å². The van der Waals surface area contributed by atoms with Crippen LogP contribution in [-0.4, -0.2) is 30.7 Å². The van der Waals surface area contributed by atoms with Crippen molar-refractivity contribution in [3.05, 3.63) is 28.7 Å². The molecule has 1 aliphatic heterocycles. The lowest BCUT2D eigenvalue weighted by molar-refractivity contribution is -0.162. The summed E-state index contributed by atoms with van der Waals surface area (Å²) >= 11 is 3.32. The van der Waals surface area contributed by atoms with Crippen LogP contribution in [0, 0.1) is 0 Å². The summed E-state index contributed by atoms with van der Waals surface area (Å²) in [4.78, 5) is 23.6. The third-order valence-electron chi connectivity index (χ3n) is 2.97. The van der Waals surface area contributed by atoms with Gasteiger partial charge in [-0.05, 0) is 44.0 Å². The number of ether oxygens (including phenoxy) is 2. The fourth-order valence-electron chi connectivity index (χ4n) is 1.84. The molecular formula is C14H16BrNO4. The molecule has 20 heavy (non-hydrogen) atoms. The molecule has 2 atom stereocenters. The maximum Gasteiger partial charge on any atom is 0.336 e. The lowest BCUT2D eigenvalue weighted by Gasteiger charge is -2.15. The first kappa shape index (κ1) is 15.0. The van der Waals surface area contributed by atoms with Gasteiger partial charge < -0.3 is 14.8 Å². The zero-order valence-electron chi connectivity index (χ0n) is 11.1. The zero-order valence-corrected chi connectivity index (χ0v) is 12.7. The molecular weight excluding hydrogens is 326 g/mol. The smallest absolute Gasteiger partial charge is 0.336 e. The fraction of sp³-hybridized carbons (Fsp3) is 0.429. The van der Waals surface area contributed by atoms with E-state index in [1.54, 1.807) is 19.1 Å². The number of hydrogen-bond acceptors (Lipinski definition) is 4. The Hall–Kier alpha value is -1.40. The third-order valence-corrected chi connectivity index (χ3v) is 3.50. The average Bonchev–Trinajstić information content (AvgIpc) is 2.95. The predicted molar refractivity (Wildman–Crippen MR) is 77.3 cm³/mol. The molecule has 0 aliphatic carbocycles. The van der Waals surface area contributed by atoms with E-state index in [1.165, 1.54) is 0 Å². The Balaban J connectivity index is 1.85. The lowest BCUT2D eigenvalue weighted by Crippen LogP contribution is -2.33. The Morgan fingerprint density at radius 2 is 2.10 bits per heavy atom. The number of amides is 1. The number of carbonyl (C=O) groups excluding carboxylic acids is 2. The van der Waals surface area contributed by atoms with E-state index in [0.29, 0.717) is 18.7 Å². The summed E-state index contributed by atoms with van der Waals surface area (Å²) in [6.07, 6.45) is 0.118. The SMILES string of the molecule is C[C@@H](OC(=O)[C@@H]1CCCO1)C(=O)Nc1ccc(Br)cc1. The first-order valence-electron chi connectivity index (χ1n) is 6.45. The second-order valence-corrected chi connectivity index (χ2v) is 5.49. The van der Waals surface area contributed by atoms with Crippen molar-refractivity contribution >= 4 is 33.5 Å². The molecule has 1 N–H and O–H groups in total. The largest absolute Gasteiger partial charge is 0.451 e. The minimum Gasteiger partial charge on any atom is -0.451 e. The molecule has 108 valence electrons. The second kappa shape index (κ2) is 6.85. The minimum atomic E-state index is -0.852. The quantitative estimate of drug-likeness (QED) is 0.854. The molecule has 6 heteroatoms. The molecule has 1 heterocycles. The molecule has 1 saturated heterocycles. The molecule has 0 aromatic heterocycles. The number of benzene rings is 1. The highest BCUT2D eigenvalue weighted by molar-refractivity contribution is 9.10. The van der Waals surface area contributed by atoms with Gasteiger partial charge in [0.1, 0.15) is 0 Å². The van der Waals surface area contributed by atoms with Crippen molar-refractivity contribution in [1.82, 2.24) is 0 Å². The Bertz CT molecular complexity index is 482. The summed E-state index contributed by atoms with van der Waals surface area (Å²) in [6, 6.07) is 7.16. The number of esters is 1. The molecule has 1 amide bonds. The average molecular weight is 342 g/mol. The van der Waals surface area contributed by atoms with Crippen molar-refractivity contribution in [2.75, 3.05) is 11.9 Å². The number of halogens is 1. The van der Waals surface area contributed by atoms with Gasteiger partial charge in [-0.2, -0.15) is 0 Å². The van der Waals surface area contributed by atoms with E-state index in [0.717, 1.165) is 10.9 Å². The number of hydrogen-bond donors (Lipinski definition) is 1. The highest BCUT2D eigenvalue weighted by Crippen LogP contribution is 2.16. The summed E-state index contributed by atoms with van der Waals surface area (Å²) in [7, 11) is 0. The fourth-order valence-corrected chi connectivity index (χ4v) is 2.11. The van der Waals surface area contributed by atoms with Gasteiger partial charge in [0, 0.05) is 16.8 Å². The summed E-state index contributed by atoms with van der Waals surface area (Å²) in [5, 5.41) is 2.69. The van der Waals surface area contributed by atoms with E-state index in [9.17, 15) is 9.59 Å². The number of carbonyl (C=O) groups is 2. The molecule has 2 rings (SSSR count). The van der Waals surface area contributed by atoms with Gasteiger partial charge >= 0.3 is 5.97 Å². The van der Waals surface area contributed by atoms with Crippen molar-refractivity contribution in [2.24, 2.45) is 0 Å². The molecule has 1 aromatic rings. The monoisotopic (exact) mass is 341 g/mol. The van der Waals surface area contributed by atoms with Gasteiger partial charge in [-0.3, -0.25) is 4.79 Å². The van der Waals surface area contributed by atoms with Gasteiger partial charge in [0.15, 0.2) is 12.2 Å². The highest BCUT2D eigenvalue weighted by atomic mass is 79.9. The van der Waals surface area contributed by atoms with Crippen LogP contribution < -0.4 is 5.32 Å². The van der Waals surface area contributed by atoms with E-state index in [-0.39, 0.29) is 5.91 Å². The van der Waals surface area contributed by atoms with Crippen molar-refractivity contribution in [3.8, 4) is 0 Å². The van der Waals surface area contributed by atoms with Gasteiger partial charge in [-0.1, -0.05) is 15.9 Å². The van der Waals surface area contributed by atoms with Crippen molar-refractivity contribution < 1.29 is 19.1 Å². The first-order chi connectivity index (χ1) is 9.56. The van der Waals surface area contributed by atoms with Gasteiger partial charge in [0.2, 0.25) is 0 Å². The number of rotatable bonds is 4.